The molecule has 0 fully saturated rings. The number of carbonyl (C=O) groups is 2. The van der Waals surface area contributed by atoms with Gasteiger partial charge < -0.3 is 20.0 Å². The number of methoxy groups -OCH3 is 1. The van der Waals surface area contributed by atoms with E-state index in [1.54, 1.807) is 0 Å². The van der Waals surface area contributed by atoms with Crippen LogP contribution in [0.5, 0.6) is 0 Å². The Bertz CT molecular complexity index is 1820. The van der Waals surface area contributed by atoms with Gasteiger partial charge in [0.15, 0.2) is 0 Å². The highest BCUT2D eigenvalue weighted by atomic mass is 32.2. The number of carboxylic acid groups (broad SMARTS) is 1. The Labute approximate surface area is 322 Å². The molecule has 1 amide bonds. The van der Waals surface area contributed by atoms with E-state index >= 15 is 0 Å². The lowest BCUT2D eigenvalue weighted by Gasteiger charge is -2.44. The lowest BCUT2D eigenvalue weighted by molar-refractivity contribution is -0.146. The van der Waals surface area contributed by atoms with E-state index in [0.717, 1.165) is 34.1 Å². The predicted molar refractivity (Wildman–Crippen MR) is 215 cm³/mol. The Morgan fingerprint density at radius 3 is 1.89 bits per heavy atom. The van der Waals surface area contributed by atoms with Gasteiger partial charge in [-0.3, -0.25) is 4.79 Å². The zero-order valence-electron chi connectivity index (χ0n) is 31.8. The molecule has 0 radical (unpaired) electrons. The molecular formula is C42H51F2N3O5SSi. The molecule has 12 heteroatoms. The fourth-order valence-electron chi connectivity index (χ4n) is 6.71. The number of thioether (sulfide) groups is 1. The maximum Gasteiger partial charge on any atom is 0.331 e. The van der Waals surface area contributed by atoms with Crippen LogP contribution in [0.3, 0.4) is 0 Å². The molecule has 4 aromatic carbocycles. The summed E-state index contributed by atoms with van der Waals surface area (Å²) < 4.78 is 40.3. The molecule has 3 atom stereocenters. The molecule has 1 heterocycles. The summed E-state index contributed by atoms with van der Waals surface area (Å²) in [5.74, 6) is -2.41. The number of hydrogen-bond donors (Lipinski definition) is 2. The molecule has 5 rings (SSSR count). The predicted octanol–water partition coefficient (Wildman–Crippen LogP) is 7.64. The van der Waals surface area contributed by atoms with Crippen LogP contribution in [0.2, 0.25) is 5.04 Å². The number of ether oxygens (including phenoxy) is 1. The molecular weight excluding hydrogens is 725 g/mol. The van der Waals surface area contributed by atoms with Crippen LogP contribution in [-0.2, 0) is 23.6 Å². The van der Waals surface area contributed by atoms with Crippen LogP contribution in [0.15, 0.2) is 114 Å². The molecule has 0 aromatic heterocycles. The number of nitrogens with two attached hydrogens (primary N) is 1. The summed E-state index contributed by atoms with van der Waals surface area (Å²) >= 11 is 1.24. The van der Waals surface area contributed by atoms with Crippen LogP contribution in [0.4, 0.5) is 8.78 Å². The lowest BCUT2D eigenvalue weighted by atomic mass is 9.99. The number of aliphatic carboxylic acids is 1. The average molecular weight is 776 g/mol. The minimum atomic E-state index is -2.78. The van der Waals surface area contributed by atoms with Crippen LogP contribution in [0.25, 0.3) is 0 Å². The van der Waals surface area contributed by atoms with E-state index in [9.17, 15) is 23.5 Å². The number of hydrazone groups is 1. The molecule has 0 saturated heterocycles. The van der Waals surface area contributed by atoms with Crippen LogP contribution < -0.4 is 16.1 Å². The summed E-state index contributed by atoms with van der Waals surface area (Å²) in [6, 6.07) is 32.9. The summed E-state index contributed by atoms with van der Waals surface area (Å²) in [5.41, 5.74) is 6.64. The highest BCUT2D eigenvalue weighted by Gasteiger charge is 2.52. The van der Waals surface area contributed by atoms with E-state index in [-0.39, 0.29) is 21.6 Å². The smallest absolute Gasteiger partial charge is 0.331 e. The van der Waals surface area contributed by atoms with Crippen molar-refractivity contribution in [1.29, 1.82) is 0 Å². The van der Waals surface area contributed by atoms with Crippen molar-refractivity contribution in [3.05, 3.63) is 132 Å². The summed E-state index contributed by atoms with van der Waals surface area (Å²) in [7, 11) is -1.31. The van der Waals surface area contributed by atoms with E-state index in [1.807, 2.05) is 80.6 Å². The normalized spacial score (nSPS) is 16.9. The Morgan fingerprint density at radius 1 is 0.889 bits per heavy atom. The highest BCUT2D eigenvalue weighted by Crippen LogP contribution is 2.51. The third-order valence-corrected chi connectivity index (χ3v) is 15.9. The molecule has 54 heavy (non-hydrogen) atoms. The zero-order chi connectivity index (χ0) is 39.5. The maximum absolute atomic E-state index is 14.5. The van der Waals surface area contributed by atoms with E-state index in [0.29, 0.717) is 32.2 Å². The molecule has 0 spiro atoms. The monoisotopic (exact) mass is 775 g/mol. The third-order valence-electron chi connectivity index (χ3n) is 9.42. The van der Waals surface area contributed by atoms with Crippen molar-refractivity contribution < 1.29 is 32.6 Å². The first-order chi connectivity index (χ1) is 25.8. The van der Waals surface area contributed by atoms with Gasteiger partial charge in [0.2, 0.25) is 0 Å². The molecule has 0 bridgehead atoms. The average Bonchev–Trinajstić information content (AvgIpc) is 3.57. The Morgan fingerprint density at radius 2 is 1.43 bits per heavy atom. The van der Waals surface area contributed by atoms with Crippen molar-refractivity contribution >= 4 is 47.4 Å². The lowest BCUT2D eigenvalue weighted by Crippen LogP contribution is -2.68. The Kier molecular flexibility index (Phi) is 14.9. The number of amides is 1. The van der Waals surface area contributed by atoms with Gasteiger partial charge in [0, 0.05) is 12.7 Å². The molecule has 1 aliphatic rings. The summed E-state index contributed by atoms with van der Waals surface area (Å²) in [6.45, 7) is 10.6. The van der Waals surface area contributed by atoms with Gasteiger partial charge >= 0.3 is 5.97 Å². The van der Waals surface area contributed by atoms with Crippen LogP contribution >= 0.6 is 11.8 Å². The summed E-state index contributed by atoms with van der Waals surface area (Å²) in [5, 5.41) is 17.7. The molecule has 0 aliphatic carbocycles. The fourth-order valence-corrected chi connectivity index (χ4v) is 12.8. The number of carboxylic acids is 1. The first-order valence-corrected chi connectivity index (χ1v) is 20.9. The van der Waals surface area contributed by atoms with Crippen molar-refractivity contribution in [2.45, 2.75) is 82.4 Å². The van der Waals surface area contributed by atoms with Gasteiger partial charge in [-0.1, -0.05) is 137 Å². The second kappa shape index (κ2) is 18.9. The number of carbonyl (C=O) groups excluding carboxylic acids is 1. The first kappa shape index (κ1) is 42.5. The minimum Gasteiger partial charge on any atom is -0.479 e. The number of hydrogen-bond acceptors (Lipinski definition) is 7. The van der Waals surface area contributed by atoms with Crippen molar-refractivity contribution in [1.82, 2.24) is 5.01 Å². The van der Waals surface area contributed by atoms with Crippen molar-refractivity contribution in [2.75, 3.05) is 13.7 Å². The van der Waals surface area contributed by atoms with Gasteiger partial charge in [-0.25, -0.2) is 18.6 Å². The van der Waals surface area contributed by atoms with E-state index in [4.69, 9.17) is 14.9 Å². The van der Waals surface area contributed by atoms with Crippen molar-refractivity contribution in [3.63, 3.8) is 0 Å². The quantitative estimate of drug-likeness (QED) is 0.127. The third kappa shape index (κ3) is 9.18. The summed E-state index contributed by atoms with van der Waals surface area (Å²) in [6.07, 6.45) is 0.498. The molecule has 0 unspecified atom stereocenters. The second-order valence-electron chi connectivity index (χ2n) is 14.0. The van der Waals surface area contributed by atoms with Gasteiger partial charge in [0.05, 0.1) is 0 Å². The number of benzene rings is 4. The molecule has 0 saturated carbocycles. The van der Waals surface area contributed by atoms with Crippen LogP contribution in [0.1, 0.15) is 71.4 Å². The van der Waals surface area contributed by atoms with Crippen LogP contribution in [0, 0.1) is 11.6 Å². The topological polar surface area (TPSA) is 114 Å². The van der Waals surface area contributed by atoms with E-state index in [2.05, 4.69) is 50.1 Å². The largest absolute Gasteiger partial charge is 0.479 e. The van der Waals surface area contributed by atoms with Gasteiger partial charge in [0.1, 0.15) is 33.8 Å². The number of nitrogens with zero attached hydrogens (tertiary/aromatic N) is 2. The van der Waals surface area contributed by atoms with Gasteiger partial charge in [-0.15, -0.1) is 0 Å². The number of halogens is 2. The Balaban J connectivity index is 0.000000247. The number of rotatable bonds is 14. The van der Waals surface area contributed by atoms with Crippen molar-refractivity contribution in [2.24, 2.45) is 10.8 Å². The fraction of sp³-hybridized carbons (Fsp3) is 0.357. The standard InChI is InChI=1S/C22H25F2N3O2S.C20H26O3Si/c1-3-19(29-2)21(28)27-22(12-7-13-25,15-8-5-4-6-9-15)30-20(26-27)17-14-16(23)10-11-18(17)24;1-5-18(19(21)22)23-24(20(2,3)4,16-12-8-6-9-13-16)17-14-10-7-11-15-17/h4-6,8-11,14,19H,3,7,12-13,25H2,1-2H3;6-15,18H,5H2,1-4H3,(H,21,22)/t19-,22+;18-/m00/s1. The SMILES string of the molecule is CC[C@H](OC)C(=O)N1N=C(c2cc(F)ccc2F)S[C@]1(CCCN)c1ccccc1.CC[C@H](O[Si](c1ccccc1)(c1ccccc1)C(C)(C)C)C(=O)O. The molecule has 8 nitrogen and oxygen atoms in total. The summed E-state index contributed by atoms with van der Waals surface area (Å²) in [4.78, 5) is 24.1. The molecule has 4 aromatic rings. The minimum absolute atomic E-state index is 0.0221. The second-order valence-corrected chi connectivity index (χ2v) is 19.5. The maximum atomic E-state index is 14.5. The molecule has 3 N–H and O–H groups in total. The molecule has 1 aliphatic heterocycles. The first-order valence-electron chi connectivity index (χ1n) is 18.2. The zero-order valence-corrected chi connectivity index (χ0v) is 33.6. The van der Waals surface area contributed by atoms with Gasteiger partial charge in [0.25, 0.3) is 14.2 Å². The molecule has 288 valence electrons. The van der Waals surface area contributed by atoms with Crippen molar-refractivity contribution in [3.8, 4) is 0 Å². The van der Waals surface area contributed by atoms with E-state index < -0.39 is 43.0 Å². The van der Waals surface area contributed by atoms with Gasteiger partial charge in [-0.2, -0.15) is 5.10 Å². The Hall–Kier alpha value is -4.20. The van der Waals surface area contributed by atoms with E-state index in [1.165, 1.54) is 23.9 Å². The highest BCUT2D eigenvalue weighted by molar-refractivity contribution is 8.15. The van der Waals surface area contributed by atoms with Gasteiger partial charge in [-0.05, 0) is 71.4 Å². The van der Waals surface area contributed by atoms with Crippen LogP contribution in [-0.4, -0.2) is 61.2 Å².